The Labute approximate surface area is 326 Å². The summed E-state index contributed by atoms with van der Waals surface area (Å²) < 4.78 is 41.1. The highest BCUT2D eigenvalue weighted by atomic mass is 19.1. The molecule has 2 aromatic carbocycles. The summed E-state index contributed by atoms with van der Waals surface area (Å²) in [4.78, 5) is 21.5. The number of nitrogens with zero attached hydrogens (tertiary/aromatic N) is 2. The molecule has 0 spiro atoms. The van der Waals surface area contributed by atoms with Crippen LogP contribution in [0.3, 0.4) is 0 Å². The van der Waals surface area contributed by atoms with Crippen LogP contribution in [0, 0.1) is 29.0 Å². The van der Waals surface area contributed by atoms with Crippen LogP contribution in [0.15, 0.2) is 71.9 Å². The molecule has 0 unspecified atom stereocenters. The van der Waals surface area contributed by atoms with Crippen LogP contribution in [-0.4, -0.2) is 78.8 Å². The highest BCUT2D eigenvalue weighted by Gasteiger charge is 2.65. The quantitative estimate of drug-likeness (QED) is 0.0830. The minimum Gasteiger partial charge on any atom is -0.489 e. The topological polar surface area (TPSA) is 119 Å². The lowest BCUT2D eigenvalue weighted by molar-refractivity contribution is -0.255. The normalized spacial score (nSPS) is 24.9. The van der Waals surface area contributed by atoms with E-state index >= 15 is 0 Å². The minimum absolute atomic E-state index is 0.0526. The van der Waals surface area contributed by atoms with Crippen molar-refractivity contribution in [1.82, 2.24) is 4.90 Å². The summed E-state index contributed by atoms with van der Waals surface area (Å²) >= 11 is 0. The molecule has 0 radical (unpaired) electrons. The summed E-state index contributed by atoms with van der Waals surface area (Å²) in [5.74, 6) is -1.02. The maximum absolute atomic E-state index is 14.6. The van der Waals surface area contributed by atoms with Crippen molar-refractivity contribution in [2.24, 2.45) is 28.3 Å². The molecule has 3 aliphatic rings. The van der Waals surface area contributed by atoms with Crippen molar-refractivity contribution >= 4 is 11.8 Å². The first-order valence-corrected chi connectivity index (χ1v) is 19.9. The molecule has 2 N–H and O–H groups in total. The van der Waals surface area contributed by atoms with Crippen LogP contribution in [0.2, 0.25) is 0 Å². The maximum Gasteiger partial charge on any atom is 0.410 e. The van der Waals surface area contributed by atoms with Gasteiger partial charge in [0.2, 0.25) is 5.79 Å². The summed E-state index contributed by atoms with van der Waals surface area (Å²) in [5, 5.41) is 24.3. The largest absolute Gasteiger partial charge is 0.489 e. The van der Waals surface area contributed by atoms with E-state index in [4.69, 9.17) is 23.8 Å². The summed E-state index contributed by atoms with van der Waals surface area (Å²) in [6.07, 6.45) is 9.12. The Hall–Kier alpha value is -3.93. The van der Waals surface area contributed by atoms with Crippen molar-refractivity contribution in [2.75, 3.05) is 40.1 Å². The van der Waals surface area contributed by atoms with Crippen molar-refractivity contribution in [3.63, 3.8) is 0 Å². The van der Waals surface area contributed by atoms with Crippen LogP contribution in [0.25, 0.3) is 0 Å². The molecular formula is C44H61FN2O8. The van der Waals surface area contributed by atoms with Crippen LogP contribution in [0.4, 0.5) is 9.18 Å². The van der Waals surface area contributed by atoms with Gasteiger partial charge in [-0.2, -0.15) is 0 Å². The Morgan fingerprint density at radius 3 is 2.53 bits per heavy atom. The number of rotatable bonds is 19. The maximum atomic E-state index is 14.6. The van der Waals surface area contributed by atoms with E-state index in [0.717, 1.165) is 36.8 Å². The smallest absolute Gasteiger partial charge is 0.410 e. The van der Waals surface area contributed by atoms with Crippen molar-refractivity contribution in [3.8, 4) is 11.5 Å². The highest BCUT2D eigenvalue weighted by Crippen LogP contribution is 2.62. The second-order valence-corrected chi connectivity index (χ2v) is 16.1. The number of aliphatic hydroxyl groups is 2. The number of unbranched alkanes of at least 4 members (excludes halogenated alkanes) is 2. The van der Waals surface area contributed by atoms with E-state index in [1.165, 1.54) is 13.2 Å². The third-order valence-corrected chi connectivity index (χ3v) is 10.9. The van der Waals surface area contributed by atoms with Gasteiger partial charge in [0, 0.05) is 43.2 Å². The van der Waals surface area contributed by atoms with Gasteiger partial charge in [0.1, 0.15) is 37.1 Å². The highest BCUT2D eigenvalue weighted by molar-refractivity contribution is 6.02. The zero-order valence-electron chi connectivity index (χ0n) is 33.3. The van der Waals surface area contributed by atoms with E-state index in [1.54, 1.807) is 29.2 Å². The summed E-state index contributed by atoms with van der Waals surface area (Å²) in [6.45, 7) is 13.1. The first-order valence-electron chi connectivity index (χ1n) is 19.9. The first kappa shape index (κ1) is 42.2. The molecule has 302 valence electrons. The number of carbonyl (C=O) groups is 1. The SMILES string of the molecule is C=CCO[C@@]12Oc3ccc(OCc4ccccc4F)cc3[C@H]3[C@H](CCCCO)[C@@H](CCCCO)C=C(C(=NOC)C[C@@H]1N(CCC)C(=O)OCC(C)(C)C)[C@H]32. The Bertz CT molecular complexity index is 1660. The van der Waals surface area contributed by atoms with Crippen LogP contribution >= 0.6 is 0 Å². The van der Waals surface area contributed by atoms with Crippen LogP contribution in [0.1, 0.15) is 96.1 Å². The molecule has 1 heterocycles. The second kappa shape index (κ2) is 19.3. The molecular weight excluding hydrogens is 703 g/mol. The molecule has 2 aromatic rings. The number of aliphatic hydroxyl groups excluding tert-OH is 2. The molecule has 0 aromatic heterocycles. The van der Waals surface area contributed by atoms with Gasteiger partial charge in [-0.3, -0.25) is 4.90 Å². The Kier molecular flexibility index (Phi) is 14.8. The molecule has 11 heteroatoms. The lowest BCUT2D eigenvalue weighted by Gasteiger charge is -2.60. The number of halogens is 1. The fraction of sp³-hybridized carbons (Fsp3) is 0.591. The van der Waals surface area contributed by atoms with E-state index in [9.17, 15) is 19.4 Å². The van der Waals surface area contributed by atoms with Gasteiger partial charge in [-0.15, -0.1) is 6.58 Å². The molecule has 1 aliphatic heterocycles. The number of hydrogen-bond acceptors (Lipinski definition) is 9. The van der Waals surface area contributed by atoms with Gasteiger partial charge in [0.05, 0.1) is 24.8 Å². The number of allylic oxidation sites excluding steroid dienone is 1. The van der Waals surface area contributed by atoms with E-state index in [1.807, 2.05) is 45.9 Å². The van der Waals surface area contributed by atoms with E-state index in [0.29, 0.717) is 55.0 Å². The number of ether oxygens (including phenoxy) is 4. The van der Waals surface area contributed by atoms with Crippen molar-refractivity contribution in [2.45, 2.75) is 103 Å². The predicted molar refractivity (Wildman–Crippen MR) is 210 cm³/mol. The van der Waals surface area contributed by atoms with Gasteiger partial charge in [-0.25, -0.2) is 9.18 Å². The molecule has 5 rings (SSSR count). The third kappa shape index (κ3) is 9.73. The van der Waals surface area contributed by atoms with Gasteiger partial charge < -0.3 is 34.0 Å². The molecule has 10 nitrogen and oxygen atoms in total. The number of benzene rings is 2. The lowest BCUT2D eigenvalue weighted by Crippen LogP contribution is -2.70. The fourth-order valence-electron chi connectivity index (χ4n) is 8.60. The van der Waals surface area contributed by atoms with Crippen LogP contribution in [-0.2, 0) is 20.9 Å². The average molecular weight is 765 g/mol. The summed E-state index contributed by atoms with van der Waals surface area (Å²) in [5.41, 5.74) is 2.79. The van der Waals surface area contributed by atoms with Crippen LogP contribution in [0.5, 0.6) is 11.5 Å². The molecule has 1 fully saturated rings. The number of oxime groups is 1. The second-order valence-electron chi connectivity index (χ2n) is 16.1. The standard InChI is InChI=1S/C44H61FN2O8/c1-7-21-47(42(50)53-29-43(3,4)5)39-27-37(46-51-6)34-25-30(15-11-13-22-48)33(17-12-14-23-49)40-35-26-32(52-28-31-16-9-10-18-36(31)45)19-20-38(35)55-44(39,41(34)40)54-24-8-2/h8-10,16,18-20,25-26,30,33,39-41,48-49H,2,7,11-15,17,21-24,27-29H2,1,3-6H3/t30-,33+,39-,40+,41+,44+/m0/s1. The number of hydrogen-bond donors (Lipinski definition) is 2. The van der Waals surface area contributed by atoms with E-state index in [-0.39, 0.29) is 62.0 Å². The molecule has 0 bridgehead atoms. The number of carbonyl (C=O) groups excluding carboxylic acids is 1. The molecule has 1 saturated carbocycles. The van der Waals surface area contributed by atoms with Crippen molar-refractivity contribution < 1.29 is 43.2 Å². The Balaban J connectivity index is 1.72. The van der Waals surface area contributed by atoms with E-state index < -0.39 is 23.8 Å². The minimum atomic E-state index is -1.37. The Morgan fingerprint density at radius 1 is 1.11 bits per heavy atom. The van der Waals surface area contributed by atoms with Crippen molar-refractivity contribution in [3.05, 3.63) is 83.7 Å². The first-order chi connectivity index (χ1) is 26.5. The lowest BCUT2D eigenvalue weighted by atomic mass is 9.55. The average Bonchev–Trinajstić information content (AvgIpc) is 3.16. The van der Waals surface area contributed by atoms with Gasteiger partial charge in [0.15, 0.2) is 0 Å². The molecule has 55 heavy (non-hydrogen) atoms. The fourth-order valence-corrected chi connectivity index (χ4v) is 8.60. The Morgan fingerprint density at radius 2 is 1.85 bits per heavy atom. The summed E-state index contributed by atoms with van der Waals surface area (Å²) in [7, 11) is 1.53. The molecule has 2 aliphatic carbocycles. The number of fused-ring (bicyclic) bond motifs is 2. The molecule has 1 amide bonds. The molecule has 6 atom stereocenters. The van der Waals surface area contributed by atoms with Crippen LogP contribution < -0.4 is 9.47 Å². The van der Waals surface area contributed by atoms with Crippen molar-refractivity contribution in [1.29, 1.82) is 0 Å². The third-order valence-electron chi connectivity index (χ3n) is 10.9. The predicted octanol–water partition coefficient (Wildman–Crippen LogP) is 8.56. The van der Waals surface area contributed by atoms with E-state index in [2.05, 4.69) is 17.8 Å². The van der Waals surface area contributed by atoms with Gasteiger partial charge in [0.25, 0.3) is 0 Å². The summed E-state index contributed by atoms with van der Waals surface area (Å²) in [6, 6.07) is 11.6. The van der Waals surface area contributed by atoms with Gasteiger partial charge in [-0.1, -0.05) is 76.0 Å². The molecule has 0 saturated heterocycles. The van der Waals surface area contributed by atoms with Gasteiger partial charge >= 0.3 is 6.09 Å². The number of amides is 1. The zero-order chi connectivity index (χ0) is 39.6. The monoisotopic (exact) mass is 764 g/mol. The van der Waals surface area contributed by atoms with Gasteiger partial charge in [-0.05, 0) is 79.2 Å². The zero-order valence-corrected chi connectivity index (χ0v) is 33.3.